The Balaban J connectivity index is 2.11. The maximum absolute atomic E-state index is 13.5. The molecule has 0 aromatic heterocycles. The second kappa shape index (κ2) is 6.58. The van der Waals surface area contributed by atoms with Gasteiger partial charge >= 0.3 is 0 Å². The van der Waals surface area contributed by atoms with Crippen LogP contribution in [0.4, 0.5) is 10.1 Å². The number of nitrogens with one attached hydrogen (secondary N) is 1. The van der Waals surface area contributed by atoms with Crippen LogP contribution in [-0.2, 0) is 6.54 Å². The van der Waals surface area contributed by atoms with Gasteiger partial charge in [-0.1, -0.05) is 24.3 Å². The molecule has 3 nitrogen and oxygen atoms in total. The first-order valence-electron chi connectivity index (χ1n) is 6.29. The summed E-state index contributed by atoms with van der Waals surface area (Å²) in [5.74, 6) is 0.430. The normalized spacial score (nSPS) is 9.85. The average molecular weight is 270 g/mol. The van der Waals surface area contributed by atoms with Crippen molar-refractivity contribution >= 4 is 5.69 Å². The Labute approximate surface area is 117 Å². The molecule has 2 aromatic carbocycles. The fourth-order valence-corrected chi connectivity index (χ4v) is 1.89. The van der Waals surface area contributed by atoms with E-state index in [0.29, 0.717) is 17.9 Å². The highest BCUT2D eigenvalue weighted by Gasteiger charge is 2.06. The molecule has 0 fully saturated rings. The molecule has 0 atom stereocenters. The predicted molar refractivity (Wildman–Crippen MR) is 76.0 cm³/mol. The van der Waals surface area contributed by atoms with E-state index in [1.807, 2.05) is 36.4 Å². The highest BCUT2D eigenvalue weighted by atomic mass is 19.1. The van der Waals surface area contributed by atoms with Gasteiger partial charge in [0.15, 0.2) is 6.61 Å². The first-order chi connectivity index (χ1) is 9.72. The first kappa shape index (κ1) is 13.9. The van der Waals surface area contributed by atoms with Crippen molar-refractivity contribution in [2.24, 2.45) is 0 Å². The Morgan fingerprint density at radius 2 is 2.00 bits per heavy atom. The van der Waals surface area contributed by atoms with Crippen LogP contribution in [-0.4, -0.2) is 6.61 Å². The summed E-state index contributed by atoms with van der Waals surface area (Å²) in [6.07, 6.45) is 0. The van der Waals surface area contributed by atoms with E-state index in [-0.39, 0.29) is 12.4 Å². The van der Waals surface area contributed by atoms with E-state index in [4.69, 9.17) is 10.00 Å². The number of halogens is 1. The Hall–Kier alpha value is -2.54. The lowest BCUT2D eigenvalue weighted by molar-refractivity contribution is 0.364. The van der Waals surface area contributed by atoms with Crippen LogP contribution in [0.15, 0.2) is 42.5 Å². The molecule has 0 saturated heterocycles. The van der Waals surface area contributed by atoms with E-state index in [2.05, 4.69) is 5.32 Å². The zero-order chi connectivity index (χ0) is 14.4. The molecule has 0 aliphatic heterocycles. The number of benzene rings is 2. The molecular weight excluding hydrogens is 255 g/mol. The lowest BCUT2D eigenvalue weighted by Crippen LogP contribution is -2.05. The molecule has 2 rings (SSSR count). The summed E-state index contributed by atoms with van der Waals surface area (Å²) in [4.78, 5) is 0. The second-order valence-corrected chi connectivity index (χ2v) is 4.32. The Kier molecular flexibility index (Phi) is 4.56. The second-order valence-electron chi connectivity index (χ2n) is 4.32. The van der Waals surface area contributed by atoms with Crippen LogP contribution >= 0.6 is 0 Å². The highest BCUT2D eigenvalue weighted by molar-refractivity contribution is 5.52. The molecule has 102 valence electrons. The van der Waals surface area contributed by atoms with Crippen LogP contribution in [0.25, 0.3) is 0 Å². The van der Waals surface area contributed by atoms with Gasteiger partial charge in [-0.2, -0.15) is 5.26 Å². The SMILES string of the molecule is Cc1c(F)cccc1NCc1ccccc1OCC#N. The minimum Gasteiger partial charge on any atom is -0.478 e. The average Bonchev–Trinajstić information content (AvgIpc) is 2.47. The summed E-state index contributed by atoms with van der Waals surface area (Å²) >= 11 is 0. The molecule has 20 heavy (non-hydrogen) atoms. The molecule has 4 heteroatoms. The van der Waals surface area contributed by atoms with Crippen LogP contribution in [0.2, 0.25) is 0 Å². The van der Waals surface area contributed by atoms with Gasteiger partial charge in [0.1, 0.15) is 17.6 Å². The molecule has 2 aromatic rings. The van der Waals surface area contributed by atoms with Crippen molar-refractivity contribution in [3.8, 4) is 11.8 Å². The minimum absolute atomic E-state index is 0.00993. The molecule has 0 radical (unpaired) electrons. The van der Waals surface area contributed by atoms with E-state index in [9.17, 15) is 4.39 Å². The molecule has 1 N–H and O–H groups in total. The van der Waals surface area contributed by atoms with Gasteiger partial charge in [0.2, 0.25) is 0 Å². The van der Waals surface area contributed by atoms with E-state index < -0.39 is 0 Å². The molecule has 0 aliphatic rings. The smallest absolute Gasteiger partial charge is 0.174 e. The fraction of sp³-hybridized carbons (Fsp3) is 0.188. The maximum Gasteiger partial charge on any atom is 0.174 e. The van der Waals surface area contributed by atoms with Gasteiger partial charge in [-0.15, -0.1) is 0 Å². The third-order valence-corrected chi connectivity index (χ3v) is 3.00. The zero-order valence-corrected chi connectivity index (χ0v) is 11.2. The summed E-state index contributed by atoms with van der Waals surface area (Å²) in [5, 5.41) is 11.7. The van der Waals surface area contributed by atoms with Gasteiger partial charge < -0.3 is 10.1 Å². The summed E-state index contributed by atoms with van der Waals surface area (Å²) < 4.78 is 18.8. The van der Waals surface area contributed by atoms with E-state index in [0.717, 1.165) is 11.3 Å². The van der Waals surface area contributed by atoms with Gasteiger partial charge in [-0.05, 0) is 25.1 Å². The van der Waals surface area contributed by atoms with Crippen LogP contribution in [0, 0.1) is 24.1 Å². The van der Waals surface area contributed by atoms with Crippen LogP contribution in [0.3, 0.4) is 0 Å². The van der Waals surface area contributed by atoms with Crippen LogP contribution in [0.1, 0.15) is 11.1 Å². The summed E-state index contributed by atoms with van der Waals surface area (Å²) in [7, 11) is 0. The molecule has 0 aliphatic carbocycles. The Morgan fingerprint density at radius 3 is 2.80 bits per heavy atom. The molecule has 0 spiro atoms. The molecule has 0 unspecified atom stereocenters. The maximum atomic E-state index is 13.5. The number of hydrogen-bond donors (Lipinski definition) is 1. The van der Waals surface area contributed by atoms with Crippen LogP contribution in [0.5, 0.6) is 5.75 Å². The lowest BCUT2D eigenvalue weighted by Gasteiger charge is -2.13. The van der Waals surface area contributed by atoms with Crippen molar-refractivity contribution in [2.45, 2.75) is 13.5 Å². The van der Waals surface area contributed by atoms with E-state index in [1.165, 1.54) is 6.07 Å². The quantitative estimate of drug-likeness (QED) is 0.902. The fourth-order valence-electron chi connectivity index (χ4n) is 1.89. The van der Waals surface area contributed by atoms with Gasteiger partial charge in [-0.3, -0.25) is 0 Å². The summed E-state index contributed by atoms with van der Waals surface area (Å²) in [5.41, 5.74) is 2.26. The minimum atomic E-state index is -0.232. The predicted octanol–water partition coefficient (Wildman–Crippen LogP) is 3.65. The van der Waals surface area contributed by atoms with Crippen LogP contribution < -0.4 is 10.1 Å². The number of nitriles is 1. The Bertz CT molecular complexity index is 635. The van der Waals surface area contributed by atoms with E-state index >= 15 is 0 Å². The summed E-state index contributed by atoms with van der Waals surface area (Å²) in [6, 6.07) is 14.3. The lowest BCUT2D eigenvalue weighted by atomic mass is 10.1. The van der Waals surface area contributed by atoms with Gasteiger partial charge in [0.05, 0.1) is 0 Å². The number of para-hydroxylation sites is 1. The topological polar surface area (TPSA) is 45.0 Å². The van der Waals surface area contributed by atoms with Gasteiger partial charge in [-0.25, -0.2) is 4.39 Å². The monoisotopic (exact) mass is 270 g/mol. The largest absolute Gasteiger partial charge is 0.478 e. The molecule has 0 saturated carbocycles. The van der Waals surface area contributed by atoms with Crippen molar-refractivity contribution in [1.29, 1.82) is 5.26 Å². The zero-order valence-electron chi connectivity index (χ0n) is 11.2. The number of nitrogens with zero attached hydrogens (tertiary/aromatic N) is 1. The number of rotatable bonds is 5. The number of ether oxygens (including phenoxy) is 1. The van der Waals surface area contributed by atoms with Crippen molar-refractivity contribution in [2.75, 3.05) is 11.9 Å². The van der Waals surface area contributed by atoms with Gasteiger partial charge in [0, 0.05) is 23.4 Å². The number of anilines is 1. The van der Waals surface area contributed by atoms with Crippen molar-refractivity contribution in [3.63, 3.8) is 0 Å². The van der Waals surface area contributed by atoms with Crippen molar-refractivity contribution < 1.29 is 9.13 Å². The standard InChI is InChI=1S/C16H15FN2O/c1-12-14(17)6-4-7-15(12)19-11-13-5-2-3-8-16(13)20-10-9-18/h2-8,19H,10-11H2,1H3. The third kappa shape index (κ3) is 3.27. The number of hydrogen-bond acceptors (Lipinski definition) is 3. The molecule has 0 amide bonds. The van der Waals surface area contributed by atoms with Crippen molar-refractivity contribution in [1.82, 2.24) is 0 Å². The van der Waals surface area contributed by atoms with Gasteiger partial charge in [0.25, 0.3) is 0 Å². The van der Waals surface area contributed by atoms with Crippen molar-refractivity contribution in [3.05, 3.63) is 59.4 Å². The Morgan fingerprint density at radius 1 is 1.20 bits per heavy atom. The first-order valence-corrected chi connectivity index (χ1v) is 6.29. The highest BCUT2D eigenvalue weighted by Crippen LogP contribution is 2.22. The molecular formula is C16H15FN2O. The third-order valence-electron chi connectivity index (χ3n) is 3.00. The summed E-state index contributed by atoms with van der Waals surface area (Å²) in [6.45, 7) is 2.25. The molecule has 0 bridgehead atoms. The van der Waals surface area contributed by atoms with E-state index in [1.54, 1.807) is 13.0 Å². The molecule has 0 heterocycles.